The van der Waals surface area contributed by atoms with E-state index >= 15 is 0 Å². The molecule has 4 heterocycles. The number of hydrogen-bond acceptors (Lipinski definition) is 14. The number of esters is 2. The SMILES string of the molecule is C[C@H]1CCCCCC[C@H](C)C(=O)O[C@H]2/C(=C/Cl)C=C3[C@]2(O)[C@H](O)[C@@]2(CO)O[C@H]2C2C[C@@](O)([C@@H]4OC(O)(c5ccccc5)O[C@@]32[C@@H]4C)[C@@](O)(COC(=O)c2ccccc2O)C1. The normalized spacial score (nSPS) is 44.7. The summed E-state index contributed by atoms with van der Waals surface area (Å²) in [4.78, 5) is 27.4. The summed E-state index contributed by atoms with van der Waals surface area (Å²) in [6.45, 7) is 3.65. The molecule has 7 N–H and O–H groups in total. The lowest BCUT2D eigenvalue weighted by Crippen LogP contribution is -2.79. The van der Waals surface area contributed by atoms with E-state index in [0.29, 0.717) is 19.3 Å². The second-order valence-corrected chi connectivity index (χ2v) is 18.3. The molecule has 0 amide bonds. The summed E-state index contributed by atoms with van der Waals surface area (Å²) in [5, 5.41) is 87.0. The smallest absolute Gasteiger partial charge is 0.342 e. The van der Waals surface area contributed by atoms with Crippen molar-refractivity contribution in [3.63, 3.8) is 0 Å². The Morgan fingerprint density at radius 3 is 2.28 bits per heavy atom. The molecule has 2 aromatic carbocycles. The summed E-state index contributed by atoms with van der Waals surface area (Å²) >= 11 is 6.45. The van der Waals surface area contributed by atoms with E-state index in [-0.39, 0.29) is 40.4 Å². The fourth-order valence-corrected chi connectivity index (χ4v) is 11.4. The Morgan fingerprint density at radius 2 is 1.60 bits per heavy atom. The first-order valence-electron chi connectivity index (χ1n) is 20.9. The maximum atomic E-state index is 13.9. The van der Waals surface area contributed by atoms with Crippen LogP contribution in [0.1, 0.15) is 88.1 Å². The molecule has 14 atom stereocenters. The van der Waals surface area contributed by atoms with Crippen LogP contribution in [-0.2, 0) is 34.5 Å². The summed E-state index contributed by atoms with van der Waals surface area (Å²) in [6, 6.07) is 13.8. The van der Waals surface area contributed by atoms with Crippen LogP contribution in [0.25, 0.3) is 0 Å². The molecular formula is C45H55ClO14. The van der Waals surface area contributed by atoms with E-state index in [1.165, 1.54) is 30.3 Å². The van der Waals surface area contributed by atoms with Crippen molar-refractivity contribution >= 4 is 23.5 Å². The van der Waals surface area contributed by atoms with Gasteiger partial charge >= 0.3 is 17.9 Å². The van der Waals surface area contributed by atoms with Gasteiger partial charge in [0.1, 0.15) is 52.5 Å². The molecule has 4 saturated heterocycles. The molecule has 7 bridgehead atoms. The number of carbonyl (C=O) groups is 2. The van der Waals surface area contributed by atoms with Gasteiger partial charge in [-0.2, -0.15) is 0 Å². The number of hydrogen-bond donors (Lipinski definition) is 7. The number of aliphatic hydroxyl groups excluding tert-OH is 2. The number of aromatic hydroxyl groups is 1. The monoisotopic (exact) mass is 854 g/mol. The van der Waals surface area contributed by atoms with Gasteiger partial charge in [0.05, 0.1) is 18.6 Å². The highest BCUT2D eigenvalue weighted by Gasteiger charge is 2.85. The number of ether oxygens (including phenoxy) is 5. The third-order valence-electron chi connectivity index (χ3n) is 14.4. The van der Waals surface area contributed by atoms with Crippen LogP contribution >= 0.6 is 11.6 Å². The lowest BCUT2D eigenvalue weighted by Gasteiger charge is -2.66. The zero-order valence-corrected chi connectivity index (χ0v) is 34.7. The van der Waals surface area contributed by atoms with Crippen LogP contribution in [0.2, 0.25) is 0 Å². The van der Waals surface area contributed by atoms with Gasteiger partial charge in [0.2, 0.25) is 0 Å². The summed E-state index contributed by atoms with van der Waals surface area (Å²) in [7, 11) is 0. The first kappa shape index (κ1) is 43.2. The van der Waals surface area contributed by atoms with E-state index in [2.05, 4.69) is 0 Å². The van der Waals surface area contributed by atoms with Gasteiger partial charge in [-0.25, -0.2) is 4.79 Å². The van der Waals surface area contributed by atoms with Crippen LogP contribution in [0.15, 0.2) is 77.4 Å². The Morgan fingerprint density at radius 1 is 0.917 bits per heavy atom. The minimum atomic E-state index is -2.72. The third kappa shape index (κ3) is 6.39. The molecule has 14 nitrogen and oxygen atoms in total. The number of fused-ring (bicyclic) bond motifs is 12. The van der Waals surface area contributed by atoms with Gasteiger partial charge in [-0.3, -0.25) is 4.79 Å². The number of epoxide rings is 1. The van der Waals surface area contributed by atoms with Crippen molar-refractivity contribution in [2.75, 3.05) is 13.2 Å². The molecule has 60 heavy (non-hydrogen) atoms. The van der Waals surface area contributed by atoms with Gasteiger partial charge in [-0.05, 0) is 43.4 Å². The van der Waals surface area contributed by atoms with Crippen molar-refractivity contribution in [1.29, 1.82) is 0 Å². The number of phenols is 1. The maximum absolute atomic E-state index is 13.9. The van der Waals surface area contributed by atoms with Crippen molar-refractivity contribution < 1.29 is 69.0 Å². The topological polar surface area (TPSA) is 225 Å². The summed E-state index contributed by atoms with van der Waals surface area (Å²) in [6.07, 6.45) is -1.44. The average Bonchev–Trinajstić information content (AvgIpc) is 3.91. The molecule has 2 saturated carbocycles. The van der Waals surface area contributed by atoms with Crippen molar-refractivity contribution in [3.8, 4) is 5.75 Å². The van der Waals surface area contributed by atoms with Gasteiger partial charge < -0.3 is 59.4 Å². The van der Waals surface area contributed by atoms with Gasteiger partial charge in [-0.1, -0.05) is 107 Å². The first-order valence-corrected chi connectivity index (χ1v) is 21.4. The Labute approximate surface area is 353 Å². The molecule has 3 aliphatic carbocycles. The Bertz CT molecular complexity index is 2050. The molecule has 326 valence electrons. The van der Waals surface area contributed by atoms with Crippen LogP contribution in [0.3, 0.4) is 0 Å². The second kappa shape index (κ2) is 15.4. The van der Waals surface area contributed by atoms with E-state index < -0.39 is 108 Å². The molecule has 15 heteroatoms. The number of aliphatic hydroxyl groups is 6. The number of halogens is 1. The van der Waals surface area contributed by atoms with Crippen LogP contribution < -0.4 is 0 Å². The molecule has 2 unspecified atom stereocenters. The standard InChI is InChI=1S/C45H55ClO14/c1-25-13-7-4-5-8-14-26(2)37(49)57-35-28(22-46)19-33-43(35,54)39(51)41(23-47)36(58-41)31-21-42(53,40(52,20-25)24-56-38(50)30-17-11-12-18-32(30)48)34-27(3)44(31,33)60-45(55,59-34)29-15-9-6-10-16-29/h6,9-12,15-19,22,25-27,31,34-36,39,47-48,51-55H,4-5,7-8,13-14,20-21,23-24H2,1-3H3/b28-22+/t25-,26-,27+,31?,34+,35-,36-,39+,40-,41-,42+,43+,44+,45?/m0/s1. The lowest BCUT2D eigenvalue weighted by molar-refractivity contribution is -0.499. The number of benzene rings is 2. The molecule has 0 aromatic heterocycles. The molecular weight excluding hydrogens is 800 g/mol. The fourth-order valence-electron chi connectivity index (χ4n) is 11.2. The van der Waals surface area contributed by atoms with Crippen LogP contribution in [0.5, 0.6) is 5.75 Å². The lowest BCUT2D eigenvalue weighted by atomic mass is 9.52. The fraction of sp³-hybridized carbons (Fsp3) is 0.600. The van der Waals surface area contributed by atoms with Crippen LogP contribution in [-0.4, -0.2) is 113 Å². The van der Waals surface area contributed by atoms with E-state index in [9.17, 15) is 45.3 Å². The predicted octanol–water partition coefficient (Wildman–Crippen LogP) is 3.85. The first-order chi connectivity index (χ1) is 28.5. The quantitative estimate of drug-likeness (QED) is 0.168. The minimum Gasteiger partial charge on any atom is -0.507 e. The van der Waals surface area contributed by atoms with Crippen molar-refractivity contribution in [1.82, 2.24) is 0 Å². The van der Waals surface area contributed by atoms with E-state index in [1.807, 2.05) is 6.92 Å². The molecule has 9 rings (SSSR count). The number of rotatable bonds is 5. The van der Waals surface area contributed by atoms with Gasteiger partial charge in [0.15, 0.2) is 11.7 Å². The van der Waals surface area contributed by atoms with Gasteiger partial charge in [-0.15, -0.1) is 0 Å². The second-order valence-electron chi connectivity index (χ2n) is 18.1. The Hall–Kier alpha value is -3.41. The summed E-state index contributed by atoms with van der Waals surface area (Å²) in [5.74, 6) is -7.89. The molecule has 0 radical (unpaired) electrons. The molecule has 6 fully saturated rings. The number of para-hydroxylation sites is 1. The Kier molecular flexibility index (Phi) is 11.1. The highest BCUT2D eigenvalue weighted by molar-refractivity contribution is 6.26. The molecule has 7 aliphatic rings. The number of carbonyl (C=O) groups excluding carboxylic acids is 2. The van der Waals surface area contributed by atoms with Crippen molar-refractivity contribution in [2.45, 2.75) is 131 Å². The third-order valence-corrected chi connectivity index (χ3v) is 14.7. The molecule has 1 spiro atoms. The van der Waals surface area contributed by atoms with E-state index in [0.717, 1.165) is 24.8 Å². The zero-order valence-electron chi connectivity index (χ0n) is 33.9. The van der Waals surface area contributed by atoms with Crippen LogP contribution in [0.4, 0.5) is 0 Å². The highest BCUT2D eigenvalue weighted by atomic mass is 35.5. The maximum Gasteiger partial charge on any atom is 0.342 e. The minimum absolute atomic E-state index is 0.0634. The van der Waals surface area contributed by atoms with E-state index in [4.69, 9.17) is 35.3 Å². The predicted molar refractivity (Wildman–Crippen MR) is 213 cm³/mol. The number of phenolic OH excluding ortho intramolecular Hbond substituents is 1. The van der Waals surface area contributed by atoms with Gasteiger partial charge in [0, 0.05) is 34.1 Å². The van der Waals surface area contributed by atoms with Crippen molar-refractivity contribution in [3.05, 3.63) is 88.5 Å². The van der Waals surface area contributed by atoms with E-state index in [1.54, 1.807) is 44.2 Å². The van der Waals surface area contributed by atoms with Crippen molar-refractivity contribution in [2.24, 2.45) is 23.7 Å². The molecule has 2 aromatic rings. The highest BCUT2D eigenvalue weighted by Crippen LogP contribution is 2.70. The van der Waals surface area contributed by atoms with Crippen LogP contribution in [0, 0.1) is 23.7 Å². The van der Waals surface area contributed by atoms with Gasteiger partial charge in [0.25, 0.3) is 0 Å². The largest absolute Gasteiger partial charge is 0.507 e. The molecule has 4 aliphatic heterocycles. The zero-order chi connectivity index (χ0) is 43.0. The Balaban J connectivity index is 1.35. The summed E-state index contributed by atoms with van der Waals surface area (Å²) in [5.41, 5.74) is -10.2. The average molecular weight is 855 g/mol. The summed E-state index contributed by atoms with van der Waals surface area (Å²) < 4.78 is 31.6.